The first-order valence-electron chi connectivity index (χ1n) is 11.3. The number of hydrogen-bond acceptors (Lipinski definition) is 3. The molecule has 0 aliphatic carbocycles. The summed E-state index contributed by atoms with van der Waals surface area (Å²) in [6.07, 6.45) is 3.33. The fraction of sp³-hybridized carbons (Fsp3) is 0.179. The van der Waals surface area contributed by atoms with Crippen LogP contribution in [-0.2, 0) is 13.1 Å². The van der Waals surface area contributed by atoms with E-state index >= 15 is 0 Å². The number of pyridine rings is 1. The molecule has 0 fully saturated rings. The molecule has 3 aromatic carbocycles. The van der Waals surface area contributed by atoms with Gasteiger partial charge in [-0.15, -0.1) is 0 Å². The van der Waals surface area contributed by atoms with Crippen LogP contribution < -0.4 is 10.6 Å². The molecule has 5 rings (SSSR count). The van der Waals surface area contributed by atoms with Crippen molar-refractivity contribution < 1.29 is 0 Å². The number of para-hydroxylation sites is 2. The van der Waals surface area contributed by atoms with Crippen molar-refractivity contribution in [2.24, 2.45) is 0 Å². The van der Waals surface area contributed by atoms with E-state index in [-0.39, 0.29) is 0 Å². The number of fused-ring (bicyclic) bond motifs is 2. The van der Waals surface area contributed by atoms with Gasteiger partial charge in [0.25, 0.3) is 0 Å². The maximum absolute atomic E-state index is 4.68. The van der Waals surface area contributed by atoms with Gasteiger partial charge in [-0.25, -0.2) is 4.98 Å². The molecule has 2 aromatic heterocycles. The van der Waals surface area contributed by atoms with E-state index in [9.17, 15) is 0 Å². The average molecular weight is 421 g/mol. The van der Waals surface area contributed by atoms with Crippen LogP contribution >= 0.6 is 0 Å². The number of rotatable bonds is 9. The van der Waals surface area contributed by atoms with Crippen molar-refractivity contribution in [1.82, 2.24) is 14.9 Å². The van der Waals surface area contributed by atoms with Crippen molar-refractivity contribution in [1.29, 1.82) is 0 Å². The Balaban J connectivity index is 1.15. The molecule has 0 saturated heterocycles. The molecule has 0 bridgehead atoms. The third kappa shape index (κ3) is 4.66. The van der Waals surface area contributed by atoms with Crippen molar-refractivity contribution in [3.05, 3.63) is 108 Å². The van der Waals surface area contributed by atoms with Crippen LogP contribution in [0.25, 0.3) is 21.8 Å². The smallest absolute Gasteiger partial charge is 0.126 e. The molecule has 0 aliphatic heterocycles. The summed E-state index contributed by atoms with van der Waals surface area (Å²) in [5, 5.41) is 9.55. The summed E-state index contributed by atoms with van der Waals surface area (Å²) in [5.74, 6) is 0.938. The monoisotopic (exact) mass is 420 g/mol. The van der Waals surface area contributed by atoms with Crippen LogP contribution in [0.1, 0.15) is 17.5 Å². The highest BCUT2D eigenvalue weighted by Gasteiger charge is 2.08. The Morgan fingerprint density at radius 1 is 0.750 bits per heavy atom. The lowest BCUT2D eigenvalue weighted by Gasteiger charge is -2.08. The lowest BCUT2D eigenvalue weighted by Crippen LogP contribution is -2.17. The molecule has 0 spiro atoms. The molecule has 0 saturated carbocycles. The highest BCUT2D eigenvalue weighted by Crippen LogP contribution is 2.22. The Kier molecular flexibility index (Phi) is 6.13. The van der Waals surface area contributed by atoms with Crippen molar-refractivity contribution in [3.63, 3.8) is 0 Å². The molecule has 2 heterocycles. The topological polar surface area (TPSA) is 41.9 Å². The van der Waals surface area contributed by atoms with Crippen molar-refractivity contribution in [3.8, 4) is 0 Å². The molecule has 0 unspecified atom stereocenters. The molecule has 0 amide bonds. The Labute approximate surface area is 188 Å². The first kappa shape index (κ1) is 20.3. The molecule has 160 valence electrons. The summed E-state index contributed by atoms with van der Waals surface area (Å²) >= 11 is 0. The molecule has 0 radical (unpaired) electrons. The van der Waals surface area contributed by atoms with Gasteiger partial charge in [0.2, 0.25) is 0 Å². The predicted octanol–water partition coefficient (Wildman–Crippen LogP) is 5.83. The average Bonchev–Trinajstić information content (AvgIpc) is 3.19. The summed E-state index contributed by atoms with van der Waals surface area (Å²) < 4.78 is 2.36. The van der Waals surface area contributed by atoms with E-state index in [1.807, 2.05) is 12.1 Å². The Bertz CT molecular complexity index is 1310. The maximum Gasteiger partial charge on any atom is 0.126 e. The minimum atomic E-state index is 0.872. The largest absolute Gasteiger partial charge is 0.370 e. The van der Waals surface area contributed by atoms with E-state index in [0.717, 1.165) is 43.9 Å². The molecule has 4 nitrogen and oxygen atoms in total. The molecular weight excluding hydrogens is 392 g/mol. The summed E-state index contributed by atoms with van der Waals surface area (Å²) in [6, 6.07) is 31.7. The summed E-state index contributed by atoms with van der Waals surface area (Å²) in [6.45, 7) is 3.62. The van der Waals surface area contributed by atoms with E-state index in [2.05, 4.69) is 105 Å². The summed E-state index contributed by atoms with van der Waals surface area (Å²) in [5.41, 5.74) is 4.99. The standard InChI is InChI=1S/C28H28N4/c1-2-9-22(10-3-1)20-32-21-24(25-12-5-7-14-27(25)32)19-29-17-8-18-30-28-16-15-23-11-4-6-13-26(23)31-28/h1-7,9-16,21,29H,8,17-20H2,(H,30,31). The van der Waals surface area contributed by atoms with Gasteiger partial charge in [-0.05, 0) is 48.4 Å². The van der Waals surface area contributed by atoms with Gasteiger partial charge in [0.1, 0.15) is 5.82 Å². The molecule has 0 atom stereocenters. The second-order valence-corrected chi connectivity index (χ2v) is 8.13. The lowest BCUT2D eigenvalue weighted by molar-refractivity contribution is 0.663. The number of benzene rings is 3. The number of anilines is 1. The van der Waals surface area contributed by atoms with Gasteiger partial charge in [-0.1, -0.05) is 66.7 Å². The van der Waals surface area contributed by atoms with Gasteiger partial charge in [0.15, 0.2) is 0 Å². The number of hydrogen-bond donors (Lipinski definition) is 2. The SMILES string of the molecule is c1ccc(Cn2cc(CNCCCNc3ccc4ccccc4n3)c3ccccc32)cc1. The number of nitrogens with zero attached hydrogens (tertiary/aromatic N) is 2. The molecule has 2 N–H and O–H groups in total. The minimum Gasteiger partial charge on any atom is -0.370 e. The zero-order valence-electron chi connectivity index (χ0n) is 18.2. The first-order valence-corrected chi connectivity index (χ1v) is 11.3. The van der Waals surface area contributed by atoms with Crippen LogP contribution in [-0.4, -0.2) is 22.6 Å². The molecule has 4 heteroatoms. The van der Waals surface area contributed by atoms with Crippen molar-refractivity contribution in [2.45, 2.75) is 19.5 Å². The lowest BCUT2D eigenvalue weighted by atomic mass is 10.2. The van der Waals surface area contributed by atoms with Gasteiger partial charge in [-0.3, -0.25) is 0 Å². The van der Waals surface area contributed by atoms with Gasteiger partial charge in [0.05, 0.1) is 5.52 Å². The highest BCUT2D eigenvalue weighted by molar-refractivity contribution is 5.84. The minimum absolute atomic E-state index is 0.872. The van der Waals surface area contributed by atoms with Crippen LogP contribution in [0.5, 0.6) is 0 Å². The Morgan fingerprint density at radius 2 is 1.56 bits per heavy atom. The molecule has 0 aliphatic rings. The second-order valence-electron chi connectivity index (χ2n) is 8.13. The third-order valence-electron chi connectivity index (χ3n) is 5.82. The van der Waals surface area contributed by atoms with E-state index in [1.54, 1.807) is 0 Å². The first-order chi connectivity index (χ1) is 15.9. The molecule has 32 heavy (non-hydrogen) atoms. The van der Waals surface area contributed by atoms with E-state index in [1.165, 1.54) is 27.4 Å². The van der Waals surface area contributed by atoms with E-state index < -0.39 is 0 Å². The van der Waals surface area contributed by atoms with E-state index in [0.29, 0.717) is 0 Å². The van der Waals surface area contributed by atoms with Crippen LogP contribution in [0.4, 0.5) is 5.82 Å². The van der Waals surface area contributed by atoms with Gasteiger partial charge < -0.3 is 15.2 Å². The molecule has 5 aromatic rings. The zero-order valence-corrected chi connectivity index (χ0v) is 18.2. The van der Waals surface area contributed by atoms with Crippen LogP contribution in [0.15, 0.2) is 97.2 Å². The van der Waals surface area contributed by atoms with Crippen molar-refractivity contribution in [2.75, 3.05) is 18.4 Å². The quantitative estimate of drug-likeness (QED) is 0.295. The number of nitrogens with one attached hydrogen (secondary N) is 2. The fourth-order valence-corrected chi connectivity index (χ4v) is 4.19. The molecular formula is C28H28N4. The third-order valence-corrected chi connectivity index (χ3v) is 5.82. The van der Waals surface area contributed by atoms with Gasteiger partial charge in [-0.2, -0.15) is 0 Å². The van der Waals surface area contributed by atoms with Crippen LogP contribution in [0.2, 0.25) is 0 Å². The second kappa shape index (κ2) is 9.67. The van der Waals surface area contributed by atoms with Crippen LogP contribution in [0.3, 0.4) is 0 Å². The summed E-state index contributed by atoms with van der Waals surface area (Å²) in [7, 11) is 0. The van der Waals surface area contributed by atoms with E-state index in [4.69, 9.17) is 0 Å². The summed E-state index contributed by atoms with van der Waals surface area (Å²) in [4.78, 5) is 4.68. The zero-order chi connectivity index (χ0) is 21.6. The van der Waals surface area contributed by atoms with Crippen LogP contribution in [0, 0.1) is 0 Å². The Hall–Kier alpha value is -3.63. The Morgan fingerprint density at radius 3 is 2.50 bits per heavy atom. The van der Waals surface area contributed by atoms with Gasteiger partial charge in [0, 0.05) is 42.1 Å². The predicted molar refractivity (Wildman–Crippen MR) is 134 cm³/mol. The normalized spacial score (nSPS) is 11.2. The van der Waals surface area contributed by atoms with Gasteiger partial charge >= 0.3 is 0 Å². The highest BCUT2D eigenvalue weighted by atomic mass is 15.0. The maximum atomic E-state index is 4.68. The van der Waals surface area contributed by atoms with Crippen molar-refractivity contribution >= 4 is 27.6 Å². The number of aromatic nitrogens is 2. The fourth-order valence-electron chi connectivity index (χ4n) is 4.19.